The number of methoxy groups -OCH3 is 2. The second-order valence-electron chi connectivity index (χ2n) is 7.26. The number of rotatable bonds is 9. The molecule has 0 spiro atoms. The molecule has 3 aromatic rings. The summed E-state index contributed by atoms with van der Waals surface area (Å²) >= 11 is 0. The van der Waals surface area contributed by atoms with Gasteiger partial charge in [0.05, 0.1) is 26.3 Å². The largest absolute Gasteiger partial charge is 0.497 e. The van der Waals surface area contributed by atoms with Gasteiger partial charge < -0.3 is 19.5 Å². The molecule has 1 heterocycles. The van der Waals surface area contributed by atoms with Gasteiger partial charge in [0.15, 0.2) is 0 Å². The van der Waals surface area contributed by atoms with E-state index in [2.05, 4.69) is 5.32 Å². The average Bonchev–Trinajstić information content (AvgIpc) is 3.09. The minimum absolute atomic E-state index is 0.114. The van der Waals surface area contributed by atoms with Crippen molar-refractivity contribution >= 4 is 23.1 Å². The highest BCUT2D eigenvalue weighted by Crippen LogP contribution is 2.31. The van der Waals surface area contributed by atoms with Crippen LogP contribution in [0.15, 0.2) is 84.6 Å². The zero-order valence-electron chi connectivity index (χ0n) is 18.4. The van der Waals surface area contributed by atoms with Crippen molar-refractivity contribution in [3.8, 4) is 17.2 Å². The second kappa shape index (κ2) is 9.91. The summed E-state index contributed by atoms with van der Waals surface area (Å²) in [7, 11) is 3.16. The maximum atomic E-state index is 13.3. The summed E-state index contributed by atoms with van der Waals surface area (Å²) in [5.74, 6) is 1.22. The molecule has 168 valence electrons. The van der Waals surface area contributed by atoms with Crippen LogP contribution in [-0.2, 0) is 9.59 Å². The zero-order chi connectivity index (χ0) is 23.2. The number of carbonyl (C=O) groups excluding carboxylic acids is 2. The number of ether oxygens (including phenoxy) is 3. The SMILES string of the molecule is COc1ccc(OCCN2C(=O)C(Nc3cccc(OC)c3)=C(c3ccccc3)C2=O)cc1. The van der Waals surface area contributed by atoms with Crippen molar-refractivity contribution < 1.29 is 23.8 Å². The van der Waals surface area contributed by atoms with Crippen LogP contribution in [0.1, 0.15) is 5.56 Å². The fourth-order valence-corrected chi connectivity index (χ4v) is 3.54. The number of carbonyl (C=O) groups is 2. The van der Waals surface area contributed by atoms with Crippen molar-refractivity contribution in [3.63, 3.8) is 0 Å². The smallest absolute Gasteiger partial charge is 0.278 e. The van der Waals surface area contributed by atoms with Crippen molar-refractivity contribution in [2.24, 2.45) is 0 Å². The summed E-state index contributed by atoms with van der Waals surface area (Å²) in [6.07, 6.45) is 0. The molecule has 1 aliphatic rings. The van der Waals surface area contributed by atoms with Crippen LogP contribution in [-0.4, -0.2) is 44.1 Å². The number of amides is 2. The lowest BCUT2D eigenvalue weighted by atomic mass is 10.0. The van der Waals surface area contributed by atoms with Gasteiger partial charge in [-0.3, -0.25) is 14.5 Å². The Bertz CT molecular complexity index is 1170. The Morgan fingerprint density at radius 1 is 0.758 bits per heavy atom. The van der Waals surface area contributed by atoms with Gasteiger partial charge in [0, 0.05) is 11.8 Å². The summed E-state index contributed by atoms with van der Waals surface area (Å²) in [5, 5.41) is 3.13. The molecule has 0 aromatic heterocycles. The number of hydrogen-bond acceptors (Lipinski definition) is 6. The minimum Gasteiger partial charge on any atom is -0.497 e. The lowest BCUT2D eigenvalue weighted by molar-refractivity contribution is -0.137. The Balaban J connectivity index is 1.54. The van der Waals surface area contributed by atoms with E-state index in [4.69, 9.17) is 14.2 Å². The molecule has 7 nitrogen and oxygen atoms in total. The van der Waals surface area contributed by atoms with Crippen LogP contribution in [0, 0.1) is 0 Å². The summed E-state index contributed by atoms with van der Waals surface area (Å²) in [6.45, 7) is 0.279. The first-order valence-electron chi connectivity index (χ1n) is 10.4. The third kappa shape index (κ3) is 4.82. The van der Waals surface area contributed by atoms with E-state index in [1.165, 1.54) is 4.90 Å². The van der Waals surface area contributed by atoms with Crippen LogP contribution in [0.2, 0.25) is 0 Å². The molecule has 0 bridgehead atoms. The molecule has 3 aromatic carbocycles. The zero-order valence-corrected chi connectivity index (χ0v) is 18.4. The normalized spacial score (nSPS) is 13.3. The molecule has 2 amide bonds. The highest BCUT2D eigenvalue weighted by atomic mass is 16.5. The molecular weight excluding hydrogens is 420 g/mol. The Morgan fingerprint density at radius 3 is 2.15 bits per heavy atom. The van der Waals surface area contributed by atoms with E-state index in [1.807, 2.05) is 48.5 Å². The first-order chi connectivity index (χ1) is 16.1. The molecule has 0 fully saturated rings. The van der Waals surface area contributed by atoms with Gasteiger partial charge in [-0.05, 0) is 42.0 Å². The van der Waals surface area contributed by atoms with E-state index in [9.17, 15) is 9.59 Å². The third-order valence-electron chi connectivity index (χ3n) is 5.21. The van der Waals surface area contributed by atoms with E-state index in [1.54, 1.807) is 44.6 Å². The van der Waals surface area contributed by atoms with E-state index in [-0.39, 0.29) is 24.8 Å². The molecular formula is C26H24N2O5. The van der Waals surface area contributed by atoms with E-state index < -0.39 is 5.91 Å². The summed E-state index contributed by atoms with van der Waals surface area (Å²) < 4.78 is 16.1. The molecule has 1 N–H and O–H groups in total. The number of imide groups is 1. The minimum atomic E-state index is -0.403. The van der Waals surface area contributed by atoms with Gasteiger partial charge in [-0.2, -0.15) is 0 Å². The molecule has 33 heavy (non-hydrogen) atoms. The van der Waals surface area contributed by atoms with Crippen molar-refractivity contribution in [2.45, 2.75) is 0 Å². The molecule has 0 saturated heterocycles. The summed E-state index contributed by atoms with van der Waals surface area (Å²) in [4.78, 5) is 27.7. The lowest BCUT2D eigenvalue weighted by Gasteiger charge is -2.16. The van der Waals surface area contributed by atoms with Crippen molar-refractivity contribution in [1.82, 2.24) is 4.90 Å². The van der Waals surface area contributed by atoms with Gasteiger partial charge in [0.1, 0.15) is 29.6 Å². The highest BCUT2D eigenvalue weighted by Gasteiger charge is 2.39. The van der Waals surface area contributed by atoms with Crippen LogP contribution >= 0.6 is 0 Å². The maximum absolute atomic E-state index is 13.3. The van der Waals surface area contributed by atoms with Gasteiger partial charge in [0.2, 0.25) is 0 Å². The number of nitrogens with zero attached hydrogens (tertiary/aromatic N) is 1. The van der Waals surface area contributed by atoms with Crippen LogP contribution in [0.4, 0.5) is 5.69 Å². The fraction of sp³-hybridized carbons (Fsp3) is 0.154. The Kier molecular flexibility index (Phi) is 6.59. The van der Waals surface area contributed by atoms with Gasteiger partial charge in [-0.25, -0.2) is 0 Å². The first-order valence-corrected chi connectivity index (χ1v) is 10.4. The first kappa shape index (κ1) is 22.0. The van der Waals surface area contributed by atoms with Crippen LogP contribution in [0.3, 0.4) is 0 Å². The molecule has 0 aliphatic carbocycles. The van der Waals surface area contributed by atoms with Crippen LogP contribution in [0.25, 0.3) is 5.57 Å². The fourth-order valence-electron chi connectivity index (χ4n) is 3.54. The number of hydrogen-bond donors (Lipinski definition) is 1. The number of nitrogens with one attached hydrogen (secondary N) is 1. The molecule has 0 atom stereocenters. The Labute approximate surface area is 192 Å². The van der Waals surface area contributed by atoms with Crippen molar-refractivity contribution in [2.75, 3.05) is 32.7 Å². The number of benzene rings is 3. The summed E-state index contributed by atoms with van der Waals surface area (Å²) in [6, 6.07) is 23.5. The van der Waals surface area contributed by atoms with Crippen molar-refractivity contribution in [3.05, 3.63) is 90.1 Å². The summed E-state index contributed by atoms with van der Waals surface area (Å²) in [5.41, 5.74) is 1.87. The van der Waals surface area contributed by atoms with Gasteiger partial charge >= 0.3 is 0 Å². The highest BCUT2D eigenvalue weighted by molar-refractivity contribution is 6.36. The van der Waals surface area contributed by atoms with Crippen LogP contribution in [0.5, 0.6) is 17.2 Å². The Morgan fingerprint density at radius 2 is 1.45 bits per heavy atom. The predicted molar refractivity (Wildman–Crippen MR) is 125 cm³/mol. The maximum Gasteiger partial charge on any atom is 0.278 e. The molecule has 4 rings (SSSR count). The molecule has 1 aliphatic heterocycles. The van der Waals surface area contributed by atoms with Crippen molar-refractivity contribution in [1.29, 1.82) is 0 Å². The van der Waals surface area contributed by atoms with Crippen LogP contribution < -0.4 is 19.5 Å². The van der Waals surface area contributed by atoms with E-state index in [0.29, 0.717) is 28.3 Å². The molecule has 0 radical (unpaired) electrons. The monoisotopic (exact) mass is 444 g/mol. The predicted octanol–water partition coefficient (Wildman–Crippen LogP) is 3.97. The molecule has 0 unspecified atom stereocenters. The van der Waals surface area contributed by atoms with Gasteiger partial charge in [0.25, 0.3) is 11.8 Å². The number of anilines is 1. The van der Waals surface area contributed by atoms with E-state index >= 15 is 0 Å². The van der Waals surface area contributed by atoms with Gasteiger partial charge in [-0.1, -0.05) is 36.4 Å². The second-order valence-corrected chi connectivity index (χ2v) is 7.26. The molecule has 7 heteroatoms. The quantitative estimate of drug-likeness (QED) is 0.503. The Hall–Kier alpha value is -4.26. The third-order valence-corrected chi connectivity index (χ3v) is 5.21. The lowest BCUT2D eigenvalue weighted by Crippen LogP contribution is -2.36. The van der Waals surface area contributed by atoms with E-state index in [0.717, 1.165) is 5.75 Å². The average molecular weight is 444 g/mol. The molecule has 0 saturated carbocycles. The van der Waals surface area contributed by atoms with Gasteiger partial charge in [-0.15, -0.1) is 0 Å². The topological polar surface area (TPSA) is 77.1 Å². The standard InChI is InChI=1S/C26H24N2O5/c1-31-20-11-13-21(14-12-20)33-16-15-28-25(29)23(18-7-4-3-5-8-18)24(26(28)30)27-19-9-6-10-22(17-19)32-2/h3-14,17,27H,15-16H2,1-2H3.